The zero-order chi connectivity index (χ0) is 35.6. The Kier molecular flexibility index (Phi) is 10.6. The van der Waals surface area contributed by atoms with Gasteiger partial charge in [0.05, 0.1) is 29.2 Å². The summed E-state index contributed by atoms with van der Waals surface area (Å²) in [6.07, 6.45) is 4.11. The van der Waals surface area contributed by atoms with E-state index in [1.54, 1.807) is 38.6 Å². The Labute approximate surface area is 300 Å². The van der Waals surface area contributed by atoms with Gasteiger partial charge in [-0.2, -0.15) is 0 Å². The van der Waals surface area contributed by atoms with Crippen molar-refractivity contribution in [3.05, 3.63) is 116 Å². The lowest BCUT2D eigenvalue weighted by Gasteiger charge is -2.42. The maximum absolute atomic E-state index is 15.4. The van der Waals surface area contributed by atoms with E-state index < -0.39 is 28.7 Å². The second-order valence-corrected chi connectivity index (χ2v) is 15.0. The van der Waals surface area contributed by atoms with Crippen LogP contribution in [0.25, 0.3) is 0 Å². The number of likely N-dealkylation sites (tertiary alicyclic amines) is 1. The van der Waals surface area contributed by atoms with Crippen molar-refractivity contribution in [1.82, 2.24) is 4.90 Å². The highest BCUT2D eigenvalue weighted by Crippen LogP contribution is 2.69. The number of aliphatic hydroxyl groups excluding tert-OH is 1. The predicted molar refractivity (Wildman–Crippen MR) is 203 cm³/mol. The van der Waals surface area contributed by atoms with E-state index in [-0.39, 0.29) is 42.0 Å². The van der Waals surface area contributed by atoms with Gasteiger partial charge in [0.1, 0.15) is 6.04 Å². The Morgan fingerprint density at radius 1 is 0.880 bits per heavy atom. The number of thioether (sulfide) groups is 1. The number of fused-ring (bicyclic) bond motifs is 1. The standard InChI is InChI=1S/C41H48N4O4S/c1-6-24-43(31-18-14-11-15-19-31)38(47)35-34-26-28(5)41(50-34)36(35)39(48)45(33(27-46)29-16-12-10-13-17-29)37(41)40(49)44(25-7-2)32-22-20-30(21-23-32)42(8-3)9-4/h6-7,10-23,28,33-37,46H,1-2,8-9,24-27H2,3-5H3/t28?,33-,34+,35-,36+,37?,41?/m1/s1. The van der Waals surface area contributed by atoms with E-state index in [2.05, 4.69) is 38.8 Å². The first-order chi connectivity index (χ1) is 24.3. The van der Waals surface area contributed by atoms with Crippen molar-refractivity contribution in [2.24, 2.45) is 17.8 Å². The maximum Gasteiger partial charge on any atom is 0.251 e. The van der Waals surface area contributed by atoms with Crippen LogP contribution in [0, 0.1) is 17.8 Å². The summed E-state index contributed by atoms with van der Waals surface area (Å²) < 4.78 is -0.877. The van der Waals surface area contributed by atoms with Crippen molar-refractivity contribution < 1.29 is 19.5 Å². The van der Waals surface area contributed by atoms with Gasteiger partial charge in [0, 0.05) is 48.5 Å². The molecule has 9 heteroatoms. The lowest BCUT2D eigenvalue weighted by atomic mass is 9.65. The first-order valence-corrected chi connectivity index (χ1v) is 18.6. The Hall–Kier alpha value is -4.34. The molecule has 3 unspecified atom stereocenters. The quantitative estimate of drug-likeness (QED) is 0.199. The highest BCUT2D eigenvalue weighted by atomic mass is 32.2. The molecular weight excluding hydrogens is 645 g/mol. The van der Waals surface area contributed by atoms with Crippen LogP contribution in [0.15, 0.2) is 110 Å². The number of nitrogens with zero attached hydrogens (tertiary/aromatic N) is 4. The van der Waals surface area contributed by atoms with Gasteiger partial charge in [0.2, 0.25) is 11.8 Å². The molecule has 50 heavy (non-hydrogen) atoms. The Morgan fingerprint density at radius 3 is 1.98 bits per heavy atom. The summed E-state index contributed by atoms with van der Waals surface area (Å²) in [7, 11) is 0. The van der Waals surface area contributed by atoms with Crippen LogP contribution in [-0.4, -0.2) is 76.6 Å². The number of para-hydroxylation sites is 1. The van der Waals surface area contributed by atoms with Crippen molar-refractivity contribution in [2.75, 3.05) is 47.5 Å². The molecule has 1 N–H and O–H groups in total. The normalized spacial score (nSPS) is 25.6. The second-order valence-electron chi connectivity index (χ2n) is 13.4. The number of amides is 3. The van der Waals surface area contributed by atoms with Crippen molar-refractivity contribution >= 4 is 46.5 Å². The molecule has 1 spiro atoms. The van der Waals surface area contributed by atoms with Crippen molar-refractivity contribution in [3.8, 4) is 0 Å². The molecule has 7 atom stereocenters. The summed E-state index contributed by atoms with van der Waals surface area (Å²) in [4.78, 5) is 52.5. The summed E-state index contributed by atoms with van der Waals surface area (Å²) in [6.45, 7) is 16.1. The minimum Gasteiger partial charge on any atom is -0.394 e. The zero-order valence-corrected chi connectivity index (χ0v) is 30.0. The van der Waals surface area contributed by atoms with Crippen LogP contribution in [-0.2, 0) is 14.4 Å². The second kappa shape index (κ2) is 14.9. The van der Waals surface area contributed by atoms with Crippen molar-refractivity contribution in [3.63, 3.8) is 0 Å². The summed E-state index contributed by atoms with van der Waals surface area (Å²) in [6, 6.07) is 25.1. The average Bonchev–Trinajstić information content (AvgIpc) is 3.74. The highest BCUT2D eigenvalue weighted by Gasteiger charge is 2.77. The number of benzene rings is 3. The highest BCUT2D eigenvalue weighted by molar-refractivity contribution is 8.02. The Bertz CT molecular complexity index is 1700. The zero-order valence-electron chi connectivity index (χ0n) is 29.2. The fourth-order valence-corrected chi connectivity index (χ4v) is 11.1. The first kappa shape index (κ1) is 35.5. The lowest BCUT2D eigenvalue weighted by molar-refractivity contribution is -0.142. The summed E-state index contributed by atoms with van der Waals surface area (Å²) >= 11 is 1.64. The molecule has 3 fully saturated rings. The molecule has 3 heterocycles. The molecule has 0 aromatic heterocycles. The van der Waals surface area contributed by atoms with Crippen LogP contribution >= 0.6 is 11.8 Å². The fourth-order valence-electron chi connectivity index (χ4n) is 8.66. The van der Waals surface area contributed by atoms with E-state index in [1.807, 2.05) is 84.9 Å². The Morgan fingerprint density at radius 2 is 1.42 bits per heavy atom. The molecule has 0 radical (unpaired) electrons. The molecule has 0 saturated carbocycles. The fraction of sp³-hybridized carbons (Fsp3) is 0.390. The van der Waals surface area contributed by atoms with Gasteiger partial charge in [-0.3, -0.25) is 14.4 Å². The van der Waals surface area contributed by atoms with Gasteiger partial charge in [-0.1, -0.05) is 67.6 Å². The van der Waals surface area contributed by atoms with Crippen molar-refractivity contribution in [2.45, 2.75) is 49.3 Å². The van der Waals surface area contributed by atoms with Gasteiger partial charge < -0.3 is 24.7 Å². The van der Waals surface area contributed by atoms with E-state index in [9.17, 15) is 9.90 Å². The molecule has 0 aliphatic carbocycles. The summed E-state index contributed by atoms with van der Waals surface area (Å²) in [5.74, 6) is -2.04. The number of carbonyl (C=O) groups excluding carboxylic acids is 3. The number of hydrogen-bond donors (Lipinski definition) is 1. The van der Waals surface area contributed by atoms with Gasteiger partial charge in [-0.15, -0.1) is 24.9 Å². The summed E-state index contributed by atoms with van der Waals surface area (Å²) in [5, 5.41) is 10.9. The van der Waals surface area contributed by atoms with Gasteiger partial charge >= 0.3 is 0 Å². The van der Waals surface area contributed by atoms with Gasteiger partial charge in [0.25, 0.3) is 5.91 Å². The molecular formula is C41H48N4O4S. The SMILES string of the molecule is C=CCN(C(=O)C1N([C@H](CO)c2ccccc2)C(=O)[C@@H]2[C@H](C(=O)N(CC=C)c3ccccc3)[C@@H]3CC(C)C12S3)c1ccc(N(CC)CC)cc1. The van der Waals surface area contributed by atoms with E-state index in [0.29, 0.717) is 18.7 Å². The minimum atomic E-state index is -0.924. The van der Waals surface area contributed by atoms with E-state index in [1.165, 1.54) is 0 Å². The van der Waals surface area contributed by atoms with E-state index in [0.717, 1.165) is 30.0 Å². The van der Waals surface area contributed by atoms with Gasteiger partial charge in [0.15, 0.2) is 0 Å². The average molecular weight is 693 g/mol. The molecule has 262 valence electrons. The Balaban J connectivity index is 1.47. The van der Waals surface area contributed by atoms with E-state index in [4.69, 9.17) is 0 Å². The summed E-state index contributed by atoms with van der Waals surface area (Å²) in [5.41, 5.74) is 3.25. The molecule has 6 rings (SSSR count). The molecule has 3 amide bonds. The number of aliphatic hydroxyl groups is 1. The third-order valence-corrected chi connectivity index (χ3v) is 13.0. The topological polar surface area (TPSA) is 84.4 Å². The predicted octanol–water partition coefficient (Wildman–Crippen LogP) is 6.34. The molecule has 3 aromatic rings. The number of anilines is 3. The maximum atomic E-state index is 15.4. The lowest BCUT2D eigenvalue weighted by Crippen LogP contribution is -2.58. The monoisotopic (exact) mass is 692 g/mol. The largest absolute Gasteiger partial charge is 0.394 e. The van der Waals surface area contributed by atoms with Crippen LogP contribution < -0.4 is 14.7 Å². The van der Waals surface area contributed by atoms with Crippen LogP contribution in [0.3, 0.4) is 0 Å². The first-order valence-electron chi connectivity index (χ1n) is 17.7. The third-order valence-electron chi connectivity index (χ3n) is 10.9. The van der Waals surface area contributed by atoms with Gasteiger partial charge in [-0.25, -0.2) is 0 Å². The minimum absolute atomic E-state index is 0.0373. The smallest absolute Gasteiger partial charge is 0.251 e. The van der Waals surface area contributed by atoms with E-state index >= 15 is 9.59 Å². The number of hydrogen-bond acceptors (Lipinski definition) is 6. The molecule has 2 bridgehead atoms. The molecule has 3 aliphatic rings. The van der Waals surface area contributed by atoms with Crippen LogP contribution in [0.1, 0.15) is 38.8 Å². The molecule has 8 nitrogen and oxygen atoms in total. The van der Waals surface area contributed by atoms with Crippen LogP contribution in [0.4, 0.5) is 17.1 Å². The number of rotatable bonds is 14. The van der Waals surface area contributed by atoms with Crippen LogP contribution in [0.5, 0.6) is 0 Å². The molecule has 3 saturated heterocycles. The van der Waals surface area contributed by atoms with Crippen LogP contribution in [0.2, 0.25) is 0 Å². The number of carbonyl (C=O) groups is 3. The molecule has 3 aromatic carbocycles. The van der Waals surface area contributed by atoms with Gasteiger partial charge in [-0.05, 0) is 68.1 Å². The molecule has 3 aliphatic heterocycles. The van der Waals surface area contributed by atoms with Crippen molar-refractivity contribution in [1.29, 1.82) is 0 Å². The third kappa shape index (κ3) is 5.84.